The number of benzene rings is 2. The molecule has 2 N–H and O–H groups in total. The van der Waals surface area contributed by atoms with Gasteiger partial charge in [-0.1, -0.05) is 37.5 Å². The zero-order valence-electron chi connectivity index (χ0n) is 16.0. The summed E-state index contributed by atoms with van der Waals surface area (Å²) in [5, 5.41) is 6.96. The van der Waals surface area contributed by atoms with Crippen LogP contribution in [0.25, 0.3) is 0 Å². The highest BCUT2D eigenvalue weighted by atomic mass is 16.5. The molecular weight excluding hydrogens is 354 g/mol. The molecule has 2 aromatic rings. The van der Waals surface area contributed by atoms with Crippen LogP contribution in [-0.4, -0.2) is 31.5 Å². The van der Waals surface area contributed by atoms with Crippen molar-refractivity contribution in [2.75, 3.05) is 13.2 Å². The molecule has 0 radical (unpaired) electrons. The monoisotopic (exact) mass is 381 g/mol. The van der Waals surface area contributed by atoms with Crippen LogP contribution in [0.2, 0.25) is 0 Å². The third-order valence-corrected chi connectivity index (χ3v) is 4.56. The van der Waals surface area contributed by atoms with Gasteiger partial charge in [0.15, 0.2) is 0 Å². The van der Waals surface area contributed by atoms with Gasteiger partial charge in [-0.05, 0) is 54.8 Å². The molecule has 0 saturated heterocycles. The SMILES string of the molecule is O=C(NN=Cc1ccc(OCCOc2ccccc2)cc1)NC1CCCCC1. The van der Waals surface area contributed by atoms with Gasteiger partial charge in [-0.2, -0.15) is 5.10 Å². The summed E-state index contributed by atoms with van der Waals surface area (Å²) in [4.78, 5) is 11.8. The van der Waals surface area contributed by atoms with Crippen LogP contribution in [0.5, 0.6) is 11.5 Å². The number of carbonyl (C=O) groups is 1. The van der Waals surface area contributed by atoms with E-state index < -0.39 is 0 Å². The molecule has 6 heteroatoms. The molecule has 1 saturated carbocycles. The number of para-hydroxylation sites is 1. The van der Waals surface area contributed by atoms with Gasteiger partial charge in [0.25, 0.3) is 0 Å². The molecule has 0 heterocycles. The molecule has 0 atom stereocenters. The van der Waals surface area contributed by atoms with E-state index in [0.717, 1.165) is 29.9 Å². The molecule has 148 valence electrons. The number of ether oxygens (including phenoxy) is 2. The van der Waals surface area contributed by atoms with E-state index in [1.54, 1.807) is 6.21 Å². The maximum Gasteiger partial charge on any atom is 0.335 e. The first kappa shape index (κ1) is 19.7. The van der Waals surface area contributed by atoms with E-state index in [1.807, 2.05) is 54.6 Å². The summed E-state index contributed by atoms with van der Waals surface area (Å²) in [6.45, 7) is 0.943. The smallest absolute Gasteiger partial charge is 0.335 e. The van der Waals surface area contributed by atoms with Crippen molar-refractivity contribution in [3.8, 4) is 11.5 Å². The Morgan fingerprint density at radius 3 is 2.25 bits per heavy atom. The molecule has 0 spiro atoms. The predicted molar refractivity (Wildman–Crippen MR) is 110 cm³/mol. The Balaban J connectivity index is 1.34. The maximum atomic E-state index is 11.8. The summed E-state index contributed by atoms with van der Waals surface area (Å²) < 4.78 is 11.2. The number of carbonyl (C=O) groups excluding carboxylic acids is 1. The van der Waals surface area contributed by atoms with E-state index in [-0.39, 0.29) is 12.1 Å². The van der Waals surface area contributed by atoms with E-state index in [0.29, 0.717) is 13.2 Å². The van der Waals surface area contributed by atoms with E-state index in [2.05, 4.69) is 15.8 Å². The molecule has 0 aliphatic heterocycles. The fraction of sp³-hybridized carbons (Fsp3) is 0.364. The Hall–Kier alpha value is -3.02. The Kier molecular flexibility index (Phi) is 7.73. The standard InChI is InChI=1S/C22H27N3O3/c26-22(24-19-7-3-1-4-8-19)25-23-17-18-11-13-21(14-12-18)28-16-15-27-20-9-5-2-6-10-20/h2,5-6,9-14,17,19H,1,3-4,7-8,15-16H2,(H2,24,25,26). The molecule has 2 aromatic carbocycles. The van der Waals surface area contributed by atoms with E-state index in [1.165, 1.54) is 19.3 Å². The lowest BCUT2D eigenvalue weighted by Gasteiger charge is -2.22. The highest BCUT2D eigenvalue weighted by Crippen LogP contribution is 2.17. The quantitative estimate of drug-likeness (QED) is 0.411. The van der Waals surface area contributed by atoms with Crippen molar-refractivity contribution in [1.29, 1.82) is 0 Å². The van der Waals surface area contributed by atoms with Gasteiger partial charge in [0.2, 0.25) is 0 Å². The van der Waals surface area contributed by atoms with Crippen LogP contribution in [0.15, 0.2) is 59.7 Å². The summed E-state index contributed by atoms with van der Waals surface area (Å²) in [6, 6.07) is 17.2. The minimum Gasteiger partial charge on any atom is -0.490 e. The van der Waals surface area contributed by atoms with Gasteiger partial charge in [-0.25, -0.2) is 10.2 Å². The molecule has 1 fully saturated rings. The molecule has 3 rings (SSSR count). The third-order valence-electron chi connectivity index (χ3n) is 4.56. The molecule has 2 amide bonds. The second-order valence-electron chi connectivity index (χ2n) is 6.76. The average molecular weight is 381 g/mol. The fourth-order valence-electron chi connectivity index (χ4n) is 3.12. The summed E-state index contributed by atoms with van der Waals surface area (Å²) in [7, 11) is 0. The van der Waals surface area contributed by atoms with Crippen molar-refractivity contribution in [3.63, 3.8) is 0 Å². The van der Waals surface area contributed by atoms with Gasteiger partial charge in [0.05, 0.1) is 6.21 Å². The maximum absolute atomic E-state index is 11.8. The Labute approximate surface area is 165 Å². The molecular formula is C22H27N3O3. The summed E-state index contributed by atoms with van der Waals surface area (Å²) in [5.74, 6) is 1.59. The van der Waals surface area contributed by atoms with Crippen molar-refractivity contribution in [1.82, 2.24) is 10.7 Å². The molecule has 28 heavy (non-hydrogen) atoms. The van der Waals surface area contributed by atoms with E-state index in [9.17, 15) is 4.79 Å². The van der Waals surface area contributed by atoms with Crippen LogP contribution in [0.3, 0.4) is 0 Å². The number of rotatable bonds is 8. The molecule has 0 aromatic heterocycles. The first-order valence-corrected chi connectivity index (χ1v) is 9.80. The average Bonchev–Trinajstić information content (AvgIpc) is 2.74. The number of nitrogens with zero attached hydrogens (tertiary/aromatic N) is 1. The second kappa shape index (κ2) is 11.0. The van der Waals surface area contributed by atoms with Crippen molar-refractivity contribution >= 4 is 12.2 Å². The summed E-state index contributed by atoms with van der Waals surface area (Å²) in [6.07, 6.45) is 7.34. The van der Waals surface area contributed by atoms with Crippen molar-refractivity contribution in [2.45, 2.75) is 38.1 Å². The predicted octanol–water partition coefficient (Wildman–Crippen LogP) is 4.11. The molecule has 6 nitrogen and oxygen atoms in total. The highest BCUT2D eigenvalue weighted by Gasteiger charge is 2.14. The van der Waals surface area contributed by atoms with E-state index >= 15 is 0 Å². The minimum absolute atomic E-state index is 0.249. The Morgan fingerprint density at radius 1 is 0.929 bits per heavy atom. The normalized spacial score (nSPS) is 14.6. The van der Waals surface area contributed by atoms with Gasteiger partial charge < -0.3 is 14.8 Å². The van der Waals surface area contributed by atoms with Crippen LogP contribution in [0, 0.1) is 0 Å². The van der Waals surface area contributed by atoms with Gasteiger partial charge in [0.1, 0.15) is 24.7 Å². The zero-order valence-corrected chi connectivity index (χ0v) is 16.0. The summed E-state index contributed by atoms with van der Waals surface area (Å²) in [5.41, 5.74) is 3.40. The third kappa shape index (κ3) is 6.95. The molecule has 1 aliphatic carbocycles. The lowest BCUT2D eigenvalue weighted by atomic mass is 9.96. The Bertz CT molecular complexity index is 741. The van der Waals surface area contributed by atoms with Gasteiger partial charge >= 0.3 is 6.03 Å². The highest BCUT2D eigenvalue weighted by molar-refractivity contribution is 5.82. The second-order valence-corrected chi connectivity index (χ2v) is 6.76. The van der Waals surface area contributed by atoms with Crippen molar-refractivity contribution < 1.29 is 14.3 Å². The topological polar surface area (TPSA) is 72.0 Å². The number of hydrazone groups is 1. The van der Waals surface area contributed by atoms with E-state index in [4.69, 9.17) is 9.47 Å². The lowest BCUT2D eigenvalue weighted by Crippen LogP contribution is -2.41. The Morgan fingerprint density at radius 2 is 1.57 bits per heavy atom. The number of hydrogen-bond donors (Lipinski definition) is 2. The number of hydrogen-bond acceptors (Lipinski definition) is 4. The number of amides is 2. The first-order valence-electron chi connectivity index (χ1n) is 9.80. The fourth-order valence-corrected chi connectivity index (χ4v) is 3.12. The zero-order chi connectivity index (χ0) is 19.4. The number of nitrogens with one attached hydrogen (secondary N) is 2. The lowest BCUT2D eigenvalue weighted by molar-refractivity contribution is 0.217. The van der Waals surface area contributed by atoms with Gasteiger partial charge in [0, 0.05) is 6.04 Å². The van der Waals surface area contributed by atoms with Gasteiger partial charge in [-0.3, -0.25) is 0 Å². The summed E-state index contributed by atoms with van der Waals surface area (Å²) >= 11 is 0. The molecule has 0 bridgehead atoms. The largest absolute Gasteiger partial charge is 0.490 e. The van der Waals surface area contributed by atoms with Crippen LogP contribution < -0.4 is 20.2 Å². The number of urea groups is 1. The van der Waals surface area contributed by atoms with Crippen LogP contribution in [0.4, 0.5) is 4.79 Å². The first-order chi connectivity index (χ1) is 13.8. The van der Waals surface area contributed by atoms with Crippen LogP contribution >= 0.6 is 0 Å². The minimum atomic E-state index is -0.249. The van der Waals surface area contributed by atoms with Crippen molar-refractivity contribution in [2.24, 2.45) is 5.10 Å². The van der Waals surface area contributed by atoms with Crippen LogP contribution in [-0.2, 0) is 0 Å². The van der Waals surface area contributed by atoms with Crippen LogP contribution in [0.1, 0.15) is 37.7 Å². The van der Waals surface area contributed by atoms with Gasteiger partial charge in [-0.15, -0.1) is 0 Å². The van der Waals surface area contributed by atoms with Crippen molar-refractivity contribution in [3.05, 3.63) is 60.2 Å². The molecule has 0 unspecified atom stereocenters. The molecule has 1 aliphatic rings.